The zero-order chi connectivity index (χ0) is 19.6. The Morgan fingerprint density at radius 3 is 2.37 bits per heavy atom. The van der Waals surface area contributed by atoms with Crippen LogP contribution in [0.25, 0.3) is 0 Å². The van der Waals surface area contributed by atoms with E-state index in [0.717, 1.165) is 0 Å². The second-order valence-electron chi connectivity index (χ2n) is 6.09. The monoisotopic (exact) mass is 429 g/mol. The van der Waals surface area contributed by atoms with Crippen LogP contribution in [-0.4, -0.2) is 41.8 Å². The number of carbonyl (C=O) groups is 1. The largest absolute Gasteiger partial charge is 0.504 e. The van der Waals surface area contributed by atoms with E-state index in [2.05, 4.69) is 10.3 Å². The van der Waals surface area contributed by atoms with Crippen LogP contribution >= 0.6 is 23.2 Å². The summed E-state index contributed by atoms with van der Waals surface area (Å²) in [6.07, 6.45) is 2.12. The highest BCUT2D eigenvalue weighted by Crippen LogP contribution is 2.33. The van der Waals surface area contributed by atoms with Crippen molar-refractivity contribution in [3.05, 3.63) is 46.6 Å². The molecule has 0 aliphatic carbocycles. The van der Waals surface area contributed by atoms with Gasteiger partial charge in [-0.1, -0.05) is 29.3 Å². The SMILES string of the molecule is O=C(Nc1ncccc1O)C1CCN(S(=O)(=O)c2c(Cl)cccc2Cl)CC1. The third-order valence-corrected chi connectivity index (χ3v) is 7.22. The van der Waals surface area contributed by atoms with Crippen molar-refractivity contribution in [1.82, 2.24) is 9.29 Å². The van der Waals surface area contributed by atoms with Crippen molar-refractivity contribution < 1.29 is 18.3 Å². The Bertz CT molecular complexity index is 940. The molecule has 0 saturated carbocycles. The highest BCUT2D eigenvalue weighted by Gasteiger charge is 2.34. The molecule has 1 saturated heterocycles. The summed E-state index contributed by atoms with van der Waals surface area (Å²) in [5.41, 5.74) is 0. The minimum absolute atomic E-state index is 0.0630. The first-order valence-electron chi connectivity index (χ1n) is 8.19. The quantitative estimate of drug-likeness (QED) is 0.777. The van der Waals surface area contributed by atoms with Crippen molar-refractivity contribution in [3.8, 4) is 5.75 Å². The number of sulfonamides is 1. The highest BCUT2D eigenvalue weighted by atomic mass is 35.5. The van der Waals surface area contributed by atoms with Gasteiger partial charge in [-0.3, -0.25) is 4.79 Å². The Labute approximate surface area is 167 Å². The van der Waals surface area contributed by atoms with E-state index in [9.17, 15) is 18.3 Å². The maximum absolute atomic E-state index is 12.9. The molecule has 1 aromatic heterocycles. The van der Waals surface area contributed by atoms with Crippen LogP contribution in [0.4, 0.5) is 5.82 Å². The zero-order valence-corrected chi connectivity index (χ0v) is 16.4. The van der Waals surface area contributed by atoms with Crippen molar-refractivity contribution in [1.29, 1.82) is 0 Å². The molecule has 0 atom stereocenters. The second kappa shape index (κ2) is 8.02. The number of nitrogens with zero attached hydrogens (tertiary/aromatic N) is 2. The van der Waals surface area contributed by atoms with Crippen LogP contribution in [0.1, 0.15) is 12.8 Å². The van der Waals surface area contributed by atoms with Gasteiger partial charge in [-0.05, 0) is 37.1 Å². The smallest absolute Gasteiger partial charge is 0.246 e. The first kappa shape index (κ1) is 19.9. The molecule has 1 aliphatic heterocycles. The van der Waals surface area contributed by atoms with E-state index in [0.29, 0.717) is 12.8 Å². The topological polar surface area (TPSA) is 99.6 Å². The summed E-state index contributed by atoms with van der Waals surface area (Å²) in [5, 5.41) is 12.4. The van der Waals surface area contributed by atoms with Crippen LogP contribution in [0.3, 0.4) is 0 Å². The molecule has 0 radical (unpaired) electrons. The molecule has 144 valence electrons. The highest BCUT2D eigenvalue weighted by molar-refractivity contribution is 7.89. The number of anilines is 1. The Balaban J connectivity index is 1.68. The normalized spacial score (nSPS) is 16.2. The van der Waals surface area contributed by atoms with Gasteiger partial charge in [0.2, 0.25) is 15.9 Å². The van der Waals surface area contributed by atoms with E-state index < -0.39 is 10.0 Å². The molecule has 0 bridgehead atoms. The first-order chi connectivity index (χ1) is 12.8. The third-order valence-electron chi connectivity index (χ3n) is 4.37. The number of piperidine rings is 1. The van der Waals surface area contributed by atoms with E-state index in [1.54, 1.807) is 12.1 Å². The number of hydrogen-bond acceptors (Lipinski definition) is 5. The number of halogens is 2. The lowest BCUT2D eigenvalue weighted by molar-refractivity contribution is -0.120. The first-order valence-corrected chi connectivity index (χ1v) is 10.4. The van der Waals surface area contributed by atoms with Gasteiger partial charge in [0.25, 0.3) is 0 Å². The molecule has 1 fully saturated rings. The average Bonchev–Trinajstić information content (AvgIpc) is 2.63. The van der Waals surface area contributed by atoms with E-state index in [-0.39, 0.29) is 51.4 Å². The number of pyridine rings is 1. The summed E-state index contributed by atoms with van der Waals surface area (Å²) < 4.78 is 27.0. The van der Waals surface area contributed by atoms with Gasteiger partial charge in [-0.2, -0.15) is 4.31 Å². The number of aromatic hydroxyl groups is 1. The standard InChI is InChI=1S/C17H17Cl2N3O4S/c18-12-3-1-4-13(19)15(12)27(25,26)22-9-6-11(7-10-22)17(24)21-16-14(23)5-2-8-20-16/h1-5,8,11,23H,6-7,9-10H2,(H,20,21,24). The summed E-state index contributed by atoms with van der Waals surface area (Å²) in [5.74, 6) is -0.740. The Kier molecular flexibility index (Phi) is 5.90. The average molecular weight is 430 g/mol. The Morgan fingerprint density at radius 1 is 1.15 bits per heavy atom. The molecule has 1 aromatic carbocycles. The fourth-order valence-electron chi connectivity index (χ4n) is 2.93. The molecule has 10 heteroatoms. The number of nitrogens with one attached hydrogen (secondary N) is 1. The van der Waals surface area contributed by atoms with Gasteiger partial charge < -0.3 is 10.4 Å². The Morgan fingerprint density at radius 2 is 1.78 bits per heavy atom. The summed E-state index contributed by atoms with van der Waals surface area (Å²) in [6.45, 7) is 0.326. The van der Waals surface area contributed by atoms with Gasteiger partial charge in [-0.15, -0.1) is 0 Å². The van der Waals surface area contributed by atoms with Crippen LogP contribution in [0, 0.1) is 5.92 Å². The van der Waals surface area contributed by atoms with Crippen LogP contribution in [0.15, 0.2) is 41.4 Å². The molecular weight excluding hydrogens is 413 g/mol. The fourth-order valence-corrected chi connectivity index (χ4v) is 5.49. The second-order valence-corrected chi connectivity index (χ2v) is 8.78. The summed E-state index contributed by atoms with van der Waals surface area (Å²) in [7, 11) is -3.85. The lowest BCUT2D eigenvalue weighted by atomic mass is 9.97. The molecule has 2 heterocycles. The molecule has 27 heavy (non-hydrogen) atoms. The van der Waals surface area contributed by atoms with Crippen molar-refractivity contribution >= 4 is 45.0 Å². The number of rotatable bonds is 4. The predicted octanol–water partition coefficient (Wildman–Crippen LogP) is 3.13. The van der Waals surface area contributed by atoms with Crippen molar-refractivity contribution in [2.75, 3.05) is 18.4 Å². The maximum atomic E-state index is 12.9. The molecule has 1 amide bonds. The van der Waals surface area contributed by atoms with Crippen LogP contribution < -0.4 is 5.32 Å². The van der Waals surface area contributed by atoms with Gasteiger partial charge in [-0.25, -0.2) is 13.4 Å². The lowest BCUT2D eigenvalue weighted by Gasteiger charge is -2.30. The Hall–Kier alpha value is -1.87. The van der Waals surface area contributed by atoms with Crippen LogP contribution in [0.5, 0.6) is 5.75 Å². The van der Waals surface area contributed by atoms with Gasteiger partial charge in [0.15, 0.2) is 11.6 Å². The van der Waals surface area contributed by atoms with E-state index in [4.69, 9.17) is 23.2 Å². The minimum Gasteiger partial charge on any atom is -0.504 e. The minimum atomic E-state index is -3.85. The molecule has 1 aliphatic rings. The van der Waals surface area contributed by atoms with Crippen LogP contribution in [0.2, 0.25) is 10.0 Å². The third kappa shape index (κ3) is 4.19. The molecule has 3 rings (SSSR count). The summed E-state index contributed by atoms with van der Waals surface area (Å²) in [4.78, 5) is 16.2. The van der Waals surface area contributed by atoms with Crippen molar-refractivity contribution in [2.45, 2.75) is 17.7 Å². The predicted molar refractivity (Wildman–Crippen MR) is 102 cm³/mol. The summed E-state index contributed by atoms with van der Waals surface area (Å²) >= 11 is 12.1. The molecule has 2 aromatic rings. The van der Waals surface area contributed by atoms with E-state index in [1.165, 1.54) is 28.7 Å². The number of hydrogen-bond donors (Lipinski definition) is 2. The van der Waals surface area contributed by atoms with Gasteiger partial charge in [0.1, 0.15) is 4.90 Å². The molecule has 0 unspecified atom stereocenters. The van der Waals surface area contributed by atoms with Crippen LogP contribution in [-0.2, 0) is 14.8 Å². The summed E-state index contributed by atoms with van der Waals surface area (Å²) in [6, 6.07) is 7.49. The number of carbonyl (C=O) groups excluding carboxylic acids is 1. The number of aromatic nitrogens is 1. The van der Waals surface area contributed by atoms with Crippen molar-refractivity contribution in [3.63, 3.8) is 0 Å². The fraction of sp³-hybridized carbons (Fsp3) is 0.294. The van der Waals surface area contributed by atoms with Crippen molar-refractivity contribution in [2.24, 2.45) is 5.92 Å². The van der Waals surface area contributed by atoms with Gasteiger partial charge in [0, 0.05) is 25.2 Å². The molecular formula is C17H17Cl2N3O4S. The van der Waals surface area contributed by atoms with E-state index in [1.807, 2.05) is 0 Å². The number of amides is 1. The van der Waals surface area contributed by atoms with Gasteiger partial charge in [0.05, 0.1) is 10.0 Å². The zero-order valence-electron chi connectivity index (χ0n) is 14.1. The maximum Gasteiger partial charge on any atom is 0.246 e. The number of benzene rings is 1. The lowest BCUT2D eigenvalue weighted by Crippen LogP contribution is -2.41. The van der Waals surface area contributed by atoms with Gasteiger partial charge >= 0.3 is 0 Å². The molecule has 7 nitrogen and oxygen atoms in total. The molecule has 0 spiro atoms. The van der Waals surface area contributed by atoms with E-state index >= 15 is 0 Å². The molecule has 2 N–H and O–H groups in total.